The average molecular weight is 221 g/mol. The van der Waals surface area contributed by atoms with E-state index in [-0.39, 0.29) is 0 Å². The summed E-state index contributed by atoms with van der Waals surface area (Å²) < 4.78 is 5.89. The Hall–Kier alpha value is 0.207. The zero-order valence-corrected chi connectivity index (χ0v) is 11.1. The normalized spacial score (nSPS) is 14.0. The standard InChI is InChI=1S/C10H21ClOSi/c1-10(2,3)13(4,5)12-9-7-6-8-11/h6-7H,8-9H2,1-5H3/b7-6+. The predicted molar refractivity (Wildman–Crippen MR) is 63.0 cm³/mol. The largest absolute Gasteiger partial charge is 0.413 e. The van der Waals surface area contributed by atoms with Crippen LogP contribution in [0.2, 0.25) is 18.1 Å². The highest BCUT2D eigenvalue weighted by molar-refractivity contribution is 6.74. The molecule has 0 aliphatic carbocycles. The van der Waals surface area contributed by atoms with Crippen LogP contribution in [0.15, 0.2) is 12.2 Å². The molecule has 0 aromatic carbocycles. The van der Waals surface area contributed by atoms with Crippen molar-refractivity contribution in [1.82, 2.24) is 0 Å². The van der Waals surface area contributed by atoms with Gasteiger partial charge in [-0.25, -0.2) is 0 Å². The molecule has 0 aromatic heterocycles. The molecule has 0 amide bonds. The molecule has 0 aromatic rings. The highest BCUT2D eigenvalue weighted by Gasteiger charge is 2.36. The third-order valence-electron chi connectivity index (χ3n) is 2.60. The lowest BCUT2D eigenvalue weighted by Gasteiger charge is -2.35. The summed E-state index contributed by atoms with van der Waals surface area (Å²) in [5.74, 6) is 0.570. The maximum Gasteiger partial charge on any atom is 0.192 e. The van der Waals surface area contributed by atoms with E-state index in [9.17, 15) is 0 Å². The summed E-state index contributed by atoms with van der Waals surface area (Å²) >= 11 is 5.51. The molecule has 0 aliphatic rings. The number of hydrogen-bond donors (Lipinski definition) is 0. The van der Waals surface area contributed by atoms with Crippen molar-refractivity contribution >= 4 is 19.9 Å². The monoisotopic (exact) mass is 220 g/mol. The van der Waals surface area contributed by atoms with Crippen LogP contribution in [0.1, 0.15) is 20.8 Å². The summed E-state index contributed by atoms with van der Waals surface area (Å²) in [5.41, 5.74) is 0. The molecule has 3 heteroatoms. The first-order chi connectivity index (χ1) is 5.81. The van der Waals surface area contributed by atoms with Crippen molar-refractivity contribution in [3.05, 3.63) is 12.2 Å². The zero-order chi connectivity index (χ0) is 10.5. The smallest absolute Gasteiger partial charge is 0.192 e. The van der Waals surface area contributed by atoms with Crippen LogP contribution in [0, 0.1) is 0 Å². The second-order valence-electron chi connectivity index (χ2n) is 4.70. The van der Waals surface area contributed by atoms with Crippen LogP contribution < -0.4 is 0 Å². The van der Waals surface area contributed by atoms with Gasteiger partial charge in [-0.1, -0.05) is 32.9 Å². The lowest BCUT2D eigenvalue weighted by molar-refractivity contribution is 0.328. The van der Waals surface area contributed by atoms with Crippen molar-refractivity contribution in [2.45, 2.75) is 38.9 Å². The molecule has 0 saturated carbocycles. The average Bonchev–Trinajstić information content (AvgIpc) is 1.96. The van der Waals surface area contributed by atoms with Gasteiger partial charge in [0.05, 0.1) is 6.61 Å². The lowest BCUT2D eigenvalue weighted by Crippen LogP contribution is -2.40. The molecular formula is C10H21ClOSi. The Bertz CT molecular complexity index is 170. The molecule has 0 fully saturated rings. The van der Waals surface area contributed by atoms with Gasteiger partial charge in [0.15, 0.2) is 8.32 Å². The number of allylic oxidation sites excluding steroid dienone is 1. The van der Waals surface area contributed by atoms with Gasteiger partial charge in [-0.05, 0) is 18.1 Å². The molecule has 13 heavy (non-hydrogen) atoms. The Balaban J connectivity index is 3.97. The lowest BCUT2D eigenvalue weighted by atomic mass is 10.2. The first-order valence-corrected chi connectivity index (χ1v) is 8.10. The van der Waals surface area contributed by atoms with E-state index in [1.54, 1.807) is 0 Å². The number of halogens is 1. The number of hydrogen-bond acceptors (Lipinski definition) is 1. The molecular weight excluding hydrogens is 200 g/mol. The summed E-state index contributed by atoms with van der Waals surface area (Å²) in [6.45, 7) is 11.9. The number of rotatable bonds is 4. The Labute approximate surface area is 88.3 Å². The van der Waals surface area contributed by atoms with Crippen LogP contribution in [0.5, 0.6) is 0 Å². The molecule has 0 bridgehead atoms. The molecule has 0 radical (unpaired) electrons. The van der Waals surface area contributed by atoms with Gasteiger partial charge in [-0.3, -0.25) is 0 Å². The molecule has 1 nitrogen and oxygen atoms in total. The van der Waals surface area contributed by atoms with Gasteiger partial charge in [-0.15, -0.1) is 11.6 Å². The highest BCUT2D eigenvalue weighted by Crippen LogP contribution is 2.36. The third-order valence-corrected chi connectivity index (χ3v) is 7.28. The molecule has 0 spiro atoms. The van der Waals surface area contributed by atoms with Crippen molar-refractivity contribution in [2.24, 2.45) is 0 Å². The Morgan fingerprint density at radius 2 is 1.77 bits per heavy atom. The summed E-state index contributed by atoms with van der Waals surface area (Å²) in [5, 5.41) is 0.293. The minimum absolute atomic E-state index is 0.293. The fourth-order valence-electron chi connectivity index (χ4n) is 0.604. The van der Waals surface area contributed by atoms with Crippen molar-refractivity contribution in [3.8, 4) is 0 Å². The Morgan fingerprint density at radius 3 is 2.15 bits per heavy atom. The molecule has 0 saturated heterocycles. The predicted octanol–water partition coefficient (Wildman–Crippen LogP) is 3.80. The molecule has 0 rings (SSSR count). The van der Waals surface area contributed by atoms with Crippen molar-refractivity contribution < 1.29 is 4.43 Å². The van der Waals surface area contributed by atoms with Gasteiger partial charge in [0.2, 0.25) is 0 Å². The van der Waals surface area contributed by atoms with Crippen molar-refractivity contribution in [2.75, 3.05) is 12.5 Å². The van der Waals surface area contributed by atoms with Crippen LogP contribution >= 0.6 is 11.6 Å². The summed E-state index contributed by atoms with van der Waals surface area (Å²) in [7, 11) is -1.55. The molecule has 0 aliphatic heterocycles. The van der Waals surface area contributed by atoms with Gasteiger partial charge in [-0.2, -0.15) is 0 Å². The molecule has 78 valence electrons. The van der Waals surface area contributed by atoms with E-state index in [1.165, 1.54) is 0 Å². The van der Waals surface area contributed by atoms with Crippen LogP contribution in [0.4, 0.5) is 0 Å². The minimum atomic E-state index is -1.55. The molecule has 0 N–H and O–H groups in total. The summed E-state index contributed by atoms with van der Waals surface area (Å²) in [6.07, 6.45) is 3.92. The fraction of sp³-hybridized carbons (Fsp3) is 0.800. The topological polar surface area (TPSA) is 9.23 Å². The van der Waals surface area contributed by atoms with E-state index in [1.807, 2.05) is 12.2 Å². The summed E-state index contributed by atoms with van der Waals surface area (Å²) in [6, 6.07) is 0. The zero-order valence-electron chi connectivity index (χ0n) is 9.36. The molecule has 0 heterocycles. The third kappa shape index (κ3) is 4.84. The van der Waals surface area contributed by atoms with Crippen molar-refractivity contribution in [3.63, 3.8) is 0 Å². The SMILES string of the molecule is CC(C)(C)[Si](C)(C)OC/C=C/CCl. The van der Waals surface area contributed by atoms with E-state index in [2.05, 4.69) is 33.9 Å². The van der Waals surface area contributed by atoms with E-state index >= 15 is 0 Å². The van der Waals surface area contributed by atoms with Gasteiger partial charge >= 0.3 is 0 Å². The maximum absolute atomic E-state index is 5.89. The second kappa shape index (κ2) is 5.18. The van der Waals surface area contributed by atoms with Crippen LogP contribution in [0.3, 0.4) is 0 Å². The minimum Gasteiger partial charge on any atom is -0.413 e. The Kier molecular flexibility index (Phi) is 5.26. The quantitative estimate of drug-likeness (QED) is 0.398. The van der Waals surface area contributed by atoms with Crippen LogP contribution in [-0.2, 0) is 4.43 Å². The maximum atomic E-state index is 5.89. The molecule has 0 unspecified atom stereocenters. The summed E-state index contributed by atoms with van der Waals surface area (Å²) in [4.78, 5) is 0. The van der Waals surface area contributed by atoms with Crippen LogP contribution in [-0.4, -0.2) is 20.8 Å². The fourth-order valence-corrected chi connectivity index (χ4v) is 1.68. The van der Waals surface area contributed by atoms with E-state index in [0.29, 0.717) is 17.5 Å². The van der Waals surface area contributed by atoms with E-state index < -0.39 is 8.32 Å². The van der Waals surface area contributed by atoms with Crippen LogP contribution in [0.25, 0.3) is 0 Å². The second-order valence-corrected chi connectivity index (χ2v) is 9.81. The van der Waals surface area contributed by atoms with E-state index in [0.717, 1.165) is 0 Å². The first kappa shape index (κ1) is 13.2. The first-order valence-electron chi connectivity index (χ1n) is 4.66. The van der Waals surface area contributed by atoms with Crippen molar-refractivity contribution in [1.29, 1.82) is 0 Å². The molecule has 0 atom stereocenters. The number of alkyl halides is 1. The van der Waals surface area contributed by atoms with Gasteiger partial charge in [0.1, 0.15) is 0 Å². The van der Waals surface area contributed by atoms with E-state index in [4.69, 9.17) is 16.0 Å². The highest BCUT2D eigenvalue weighted by atomic mass is 35.5. The van der Waals surface area contributed by atoms with Gasteiger partial charge in [0, 0.05) is 5.88 Å². The van der Waals surface area contributed by atoms with Gasteiger partial charge < -0.3 is 4.43 Å². The Morgan fingerprint density at radius 1 is 1.23 bits per heavy atom. The van der Waals surface area contributed by atoms with Gasteiger partial charge in [0.25, 0.3) is 0 Å².